The maximum Gasteiger partial charge on any atom is 0.227 e. The number of hydrogen-bond donors (Lipinski definition) is 2. The van der Waals surface area contributed by atoms with Gasteiger partial charge in [-0.05, 0) is 29.7 Å². The van der Waals surface area contributed by atoms with Gasteiger partial charge in [0, 0.05) is 37.7 Å². The van der Waals surface area contributed by atoms with Crippen LogP contribution in [0, 0.1) is 0 Å². The number of anilines is 1. The lowest BCUT2D eigenvalue weighted by molar-refractivity contribution is -0.121. The highest BCUT2D eigenvalue weighted by Gasteiger charge is 2.21. The Morgan fingerprint density at radius 1 is 1.15 bits per heavy atom. The van der Waals surface area contributed by atoms with E-state index in [1.54, 1.807) is 4.90 Å². The number of carbonyl (C=O) groups is 2. The van der Waals surface area contributed by atoms with Crippen LogP contribution in [0.25, 0.3) is 0 Å². The highest BCUT2D eigenvalue weighted by Crippen LogP contribution is 2.22. The number of halogens is 1. The molecule has 1 atom stereocenters. The van der Waals surface area contributed by atoms with E-state index in [0.29, 0.717) is 13.0 Å². The van der Waals surface area contributed by atoms with E-state index in [9.17, 15) is 9.59 Å². The van der Waals surface area contributed by atoms with Gasteiger partial charge in [-0.3, -0.25) is 9.59 Å². The van der Waals surface area contributed by atoms with Crippen LogP contribution in [0.15, 0.2) is 54.6 Å². The maximum atomic E-state index is 12.1. The van der Waals surface area contributed by atoms with Gasteiger partial charge >= 0.3 is 0 Å². The third-order valence-electron chi connectivity index (χ3n) is 4.42. The van der Waals surface area contributed by atoms with E-state index >= 15 is 0 Å². The van der Waals surface area contributed by atoms with E-state index in [1.807, 2.05) is 54.6 Å². The lowest BCUT2D eigenvalue weighted by atomic mass is 10.0. The normalized spacial score (nSPS) is 14.7. The predicted molar refractivity (Wildman–Crippen MR) is 105 cm³/mol. The molecule has 3 N–H and O–H groups in total. The number of nitrogens with one attached hydrogen (secondary N) is 1. The van der Waals surface area contributed by atoms with Gasteiger partial charge in [0.2, 0.25) is 11.8 Å². The second-order valence-electron chi connectivity index (χ2n) is 6.32. The minimum Gasteiger partial charge on any atom is -0.352 e. The summed E-state index contributed by atoms with van der Waals surface area (Å²) in [5.41, 5.74) is 8.90. The molecular weight excluding hydrogens is 350 g/mol. The van der Waals surface area contributed by atoms with Crippen molar-refractivity contribution in [2.45, 2.75) is 31.8 Å². The largest absolute Gasteiger partial charge is 0.352 e. The number of nitrogens with zero attached hydrogens (tertiary/aromatic N) is 1. The molecule has 1 aliphatic heterocycles. The van der Waals surface area contributed by atoms with Crippen LogP contribution >= 0.6 is 12.4 Å². The second kappa shape index (κ2) is 9.36. The van der Waals surface area contributed by atoms with Gasteiger partial charge in [-0.25, -0.2) is 0 Å². The highest BCUT2D eigenvalue weighted by atomic mass is 35.5. The second-order valence-corrected chi connectivity index (χ2v) is 6.32. The van der Waals surface area contributed by atoms with Crippen LogP contribution in [0.2, 0.25) is 0 Å². The molecule has 0 radical (unpaired) electrons. The molecule has 0 aliphatic carbocycles. The average molecular weight is 374 g/mol. The first-order valence-electron chi connectivity index (χ1n) is 8.60. The lowest BCUT2D eigenvalue weighted by Crippen LogP contribution is -2.27. The van der Waals surface area contributed by atoms with Crippen molar-refractivity contribution in [1.29, 1.82) is 0 Å². The van der Waals surface area contributed by atoms with Crippen molar-refractivity contribution in [3.63, 3.8) is 0 Å². The molecule has 138 valence electrons. The molecule has 5 nitrogen and oxygen atoms in total. The van der Waals surface area contributed by atoms with Crippen LogP contribution in [-0.2, 0) is 16.1 Å². The molecule has 0 saturated carbocycles. The van der Waals surface area contributed by atoms with Crippen molar-refractivity contribution in [3.05, 3.63) is 65.7 Å². The summed E-state index contributed by atoms with van der Waals surface area (Å²) in [6, 6.07) is 17.0. The molecule has 2 aromatic rings. The van der Waals surface area contributed by atoms with Crippen LogP contribution in [0.4, 0.5) is 5.69 Å². The lowest BCUT2D eigenvalue weighted by Gasteiger charge is -2.17. The summed E-state index contributed by atoms with van der Waals surface area (Å²) in [6.07, 6.45) is 1.75. The summed E-state index contributed by atoms with van der Waals surface area (Å²) in [4.78, 5) is 25.8. The molecular formula is C20H24ClN3O2. The summed E-state index contributed by atoms with van der Waals surface area (Å²) < 4.78 is 0. The number of hydrogen-bond acceptors (Lipinski definition) is 3. The molecule has 1 fully saturated rings. The molecule has 2 aromatic carbocycles. The van der Waals surface area contributed by atoms with Crippen molar-refractivity contribution < 1.29 is 9.59 Å². The highest BCUT2D eigenvalue weighted by molar-refractivity contribution is 5.95. The Balaban J connectivity index is 0.00000243. The number of amides is 2. The monoisotopic (exact) mass is 373 g/mol. The molecule has 2 amide bonds. The molecule has 0 spiro atoms. The van der Waals surface area contributed by atoms with Crippen LogP contribution in [-0.4, -0.2) is 18.4 Å². The van der Waals surface area contributed by atoms with Gasteiger partial charge in [-0.15, -0.1) is 12.4 Å². The Morgan fingerprint density at radius 3 is 2.62 bits per heavy atom. The Hall–Kier alpha value is -2.37. The van der Waals surface area contributed by atoms with Gasteiger partial charge < -0.3 is 16.0 Å². The van der Waals surface area contributed by atoms with Gasteiger partial charge in [-0.1, -0.05) is 42.5 Å². The van der Waals surface area contributed by atoms with Crippen LogP contribution in [0.5, 0.6) is 0 Å². The third-order valence-corrected chi connectivity index (χ3v) is 4.42. The fraction of sp³-hybridized carbons (Fsp3) is 0.300. The first-order valence-corrected chi connectivity index (χ1v) is 8.60. The molecule has 0 bridgehead atoms. The van der Waals surface area contributed by atoms with Gasteiger partial charge in [0.05, 0.1) is 0 Å². The van der Waals surface area contributed by atoms with Crippen molar-refractivity contribution in [1.82, 2.24) is 5.32 Å². The first kappa shape index (κ1) is 19.9. The van der Waals surface area contributed by atoms with Gasteiger partial charge in [-0.2, -0.15) is 0 Å². The van der Waals surface area contributed by atoms with E-state index in [2.05, 4.69) is 5.32 Å². The summed E-state index contributed by atoms with van der Waals surface area (Å²) in [5.74, 6) is 0.0778. The van der Waals surface area contributed by atoms with E-state index < -0.39 is 0 Å². The van der Waals surface area contributed by atoms with Gasteiger partial charge in [0.15, 0.2) is 0 Å². The molecule has 0 aromatic heterocycles. The van der Waals surface area contributed by atoms with Crippen LogP contribution in [0.3, 0.4) is 0 Å². The quantitative estimate of drug-likeness (QED) is 0.817. The molecule has 1 unspecified atom stereocenters. The maximum absolute atomic E-state index is 12.1. The minimum atomic E-state index is -0.310. The van der Waals surface area contributed by atoms with E-state index in [-0.39, 0.29) is 36.7 Å². The van der Waals surface area contributed by atoms with Crippen LogP contribution in [0.1, 0.15) is 36.4 Å². The molecule has 1 heterocycles. The topological polar surface area (TPSA) is 75.4 Å². The molecule has 6 heteroatoms. The zero-order chi connectivity index (χ0) is 17.6. The molecule has 1 aliphatic rings. The van der Waals surface area contributed by atoms with E-state index in [1.165, 1.54) is 0 Å². The molecule has 1 saturated heterocycles. The zero-order valence-electron chi connectivity index (χ0n) is 14.6. The number of carbonyl (C=O) groups excluding carboxylic acids is 2. The van der Waals surface area contributed by atoms with E-state index in [0.717, 1.165) is 29.8 Å². The standard InChI is InChI=1S/C20H23N3O2.ClH/c21-18(16-7-2-1-3-8-16)13-19(24)22-14-15-6-4-9-17(12-15)23-11-5-10-20(23)25;/h1-4,6-9,12,18H,5,10-11,13-14,21H2,(H,22,24);1H. The summed E-state index contributed by atoms with van der Waals surface area (Å²) in [7, 11) is 0. The summed E-state index contributed by atoms with van der Waals surface area (Å²) in [6.45, 7) is 1.19. The van der Waals surface area contributed by atoms with E-state index in [4.69, 9.17) is 5.73 Å². The number of nitrogens with two attached hydrogens (primary N) is 1. The first-order chi connectivity index (χ1) is 12.1. The Morgan fingerprint density at radius 2 is 1.92 bits per heavy atom. The SMILES string of the molecule is Cl.NC(CC(=O)NCc1cccc(N2CCCC2=O)c1)c1ccccc1. The number of benzene rings is 2. The van der Waals surface area contributed by atoms with Gasteiger partial charge in [0.1, 0.15) is 0 Å². The Labute approximate surface area is 160 Å². The third kappa shape index (κ3) is 5.07. The van der Waals surface area contributed by atoms with Crippen LogP contribution < -0.4 is 16.0 Å². The molecule has 26 heavy (non-hydrogen) atoms. The summed E-state index contributed by atoms with van der Waals surface area (Å²) >= 11 is 0. The fourth-order valence-corrected chi connectivity index (χ4v) is 3.05. The van der Waals surface area contributed by atoms with Crippen molar-refractivity contribution in [3.8, 4) is 0 Å². The predicted octanol–water partition coefficient (Wildman–Crippen LogP) is 2.94. The van der Waals surface area contributed by atoms with Crippen molar-refractivity contribution in [2.75, 3.05) is 11.4 Å². The summed E-state index contributed by atoms with van der Waals surface area (Å²) in [5, 5.41) is 2.91. The smallest absolute Gasteiger partial charge is 0.227 e. The van der Waals surface area contributed by atoms with Gasteiger partial charge in [0.25, 0.3) is 0 Å². The van der Waals surface area contributed by atoms with Crippen molar-refractivity contribution in [2.24, 2.45) is 5.73 Å². The minimum absolute atomic E-state index is 0. The Bertz CT molecular complexity index is 752. The number of rotatable bonds is 6. The Kier molecular flexibility index (Phi) is 7.18. The molecule has 3 rings (SSSR count). The zero-order valence-corrected chi connectivity index (χ0v) is 15.4. The van der Waals surface area contributed by atoms with Crippen molar-refractivity contribution >= 4 is 29.9 Å². The fourth-order valence-electron chi connectivity index (χ4n) is 3.05. The average Bonchev–Trinajstić information content (AvgIpc) is 3.07.